The van der Waals surface area contributed by atoms with E-state index >= 15 is 0 Å². The molecule has 3 rings (SSSR count). The summed E-state index contributed by atoms with van der Waals surface area (Å²) < 4.78 is 2.07. The zero-order valence-electron chi connectivity index (χ0n) is 16.4. The molecule has 0 saturated carbocycles. The van der Waals surface area contributed by atoms with Gasteiger partial charge in [0.15, 0.2) is 5.96 Å². The van der Waals surface area contributed by atoms with Crippen molar-refractivity contribution in [3.63, 3.8) is 0 Å². The van der Waals surface area contributed by atoms with Crippen LogP contribution in [-0.4, -0.2) is 41.1 Å². The molecule has 0 bridgehead atoms. The summed E-state index contributed by atoms with van der Waals surface area (Å²) in [7, 11) is 1.80. The maximum atomic E-state index is 4.30. The SMILES string of the molecule is CN=C(NCCSC)NCc1ccccc1-c1ccc(Cn2ccnc2)cc1. The van der Waals surface area contributed by atoms with Crippen molar-refractivity contribution in [2.75, 3.05) is 25.6 Å². The molecule has 6 heteroatoms. The number of benzene rings is 2. The first-order valence-electron chi connectivity index (χ1n) is 9.36. The molecule has 2 N–H and O–H groups in total. The Morgan fingerprint density at radius 2 is 1.93 bits per heavy atom. The van der Waals surface area contributed by atoms with Crippen LogP contribution < -0.4 is 10.6 Å². The number of thioether (sulfide) groups is 1. The number of hydrogen-bond donors (Lipinski definition) is 2. The molecule has 0 radical (unpaired) electrons. The van der Waals surface area contributed by atoms with E-state index in [1.54, 1.807) is 13.2 Å². The van der Waals surface area contributed by atoms with Crippen molar-refractivity contribution in [2.45, 2.75) is 13.1 Å². The summed E-state index contributed by atoms with van der Waals surface area (Å²) in [6.45, 7) is 2.47. The van der Waals surface area contributed by atoms with Crippen molar-refractivity contribution < 1.29 is 0 Å². The van der Waals surface area contributed by atoms with Crippen molar-refractivity contribution in [2.24, 2.45) is 4.99 Å². The molecule has 5 nitrogen and oxygen atoms in total. The van der Waals surface area contributed by atoms with Gasteiger partial charge < -0.3 is 15.2 Å². The van der Waals surface area contributed by atoms with Crippen molar-refractivity contribution in [3.8, 4) is 11.1 Å². The topological polar surface area (TPSA) is 54.2 Å². The largest absolute Gasteiger partial charge is 0.356 e. The summed E-state index contributed by atoms with van der Waals surface area (Å²) in [5.74, 6) is 1.89. The number of aliphatic imine (C=N–C) groups is 1. The first-order valence-corrected chi connectivity index (χ1v) is 10.8. The second kappa shape index (κ2) is 10.6. The molecular weight excluding hydrogens is 366 g/mol. The molecule has 0 spiro atoms. The lowest BCUT2D eigenvalue weighted by Crippen LogP contribution is -2.38. The van der Waals surface area contributed by atoms with Crippen LogP contribution in [-0.2, 0) is 13.1 Å². The van der Waals surface area contributed by atoms with Crippen LogP contribution in [0.5, 0.6) is 0 Å². The molecule has 0 aliphatic rings. The van der Waals surface area contributed by atoms with Gasteiger partial charge in [0.25, 0.3) is 0 Å². The van der Waals surface area contributed by atoms with E-state index in [4.69, 9.17) is 0 Å². The molecule has 1 aromatic heterocycles. The third kappa shape index (κ3) is 5.63. The van der Waals surface area contributed by atoms with E-state index in [1.165, 1.54) is 22.3 Å². The van der Waals surface area contributed by atoms with Crippen molar-refractivity contribution in [1.82, 2.24) is 20.2 Å². The van der Waals surface area contributed by atoms with Gasteiger partial charge in [-0.3, -0.25) is 4.99 Å². The van der Waals surface area contributed by atoms with E-state index in [0.29, 0.717) is 0 Å². The Morgan fingerprint density at radius 1 is 1.11 bits per heavy atom. The zero-order chi connectivity index (χ0) is 19.6. The van der Waals surface area contributed by atoms with Gasteiger partial charge in [-0.2, -0.15) is 11.8 Å². The average Bonchev–Trinajstić information content (AvgIpc) is 3.24. The minimum absolute atomic E-state index is 0.728. The lowest BCUT2D eigenvalue weighted by molar-refractivity contribution is 0.797. The highest BCUT2D eigenvalue weighted by atomic mass is 32.2. The monoisotopic (exact) mass is 393 g/mol. The third-order valence-corrected chi connectivity index (χ3v) is 5.09. The molecule has 1 heterocycles. The number of guanidine groups is 1. The number of nitrogens with one attached hydrogen (secondary N) is 2. The van der Waals surface area contributed by atoms with E-state index in [9.17, 15) is 0 Å². The van der Waals surface area contributed by atoms with E-state index in [1.807, 2.05) is 24.3 Å². The van der Waals surface area contributed by atoms with Gasteiger partial charge in [0, 0.05) is 44.8 Å². The number of aromatic nitrogens is 2. The maximum Gasteiger partial charge on any atom is 0.191 e. The Hall–Kier alpha value is -2.73. The molecule has 0 amide bonds. The van der Waals surface area contributed by atoms with Crippen LogP contribution in [0.1, 0.15) is 11.1 Å². The van der Waals surface area contributed by atoms with E-state index in [2.05, 4.69) is 80.0 Å². The quantitative estimate of drug-likeness (QED) is 0.349. The molecule has 28 heavy (non-hydrogen) atoms. The number of imidazole rings is 1. The van der Waals surface area contributed by atoms with Crippen LogP contribution in [0.4, 0.5) is 0 Å². The summed E-state index contributed by atoms with van der Waals surface area (Å²) in [5, 5.41) is 6.75. The fraction of sp³-hybridized carbons (Fsp3) is 0.273. The first kappa shape index (κ1) is 20.0. The van der Waals surface area contributed by atoms with E-state index < -0.39 is 0 Å². The Morgan fingerprint density at radius 3 is 2.64 bits per heavy atom. The normalized spacial score (nSPS) is 11.4. The second-order valence-electron chi connectivity index (χ2n) is 6.43. The highest BCUT2D eigenvalue weighted by molar-refractivity contribution is 7.98. The van der Waals surface area contributed by atoms with Gasteiger partial charge in [0.1, 0.15) is 0 Å². The molecule has 0 aliphatic heterocycles. The Balaban J connectivity index is 1.67. The van der Waals surface area contributed by atoms with Gasteiger partial charge in [0.2, 0.25) is 0 Å². The molecule has 2 aromatic carbocycles. The Bertz CT molecular complexity index is 872. The minimum Gasteiger partial charge on any atom is -0.356 e. The average molecular weight is 394 g/mol. The Labute approximate surface area is 171 Å². The molecule has 0 unspecified atom stereocenters. The number of rotatable bonds is 8. The fourth-order valence-corrected chi connectivity index (χ4v) is 3.31. The lowest BCUT2D eigenvalue weighted by atomic mass is 9.98. The van der Waals surface area contributed by atoms with Crippen molar-refractivity contribution in [3.05, 3.63) is 78.4 Å². The van der Waals surface area contributed by atoms with Crippen molar-refractivity contribution in [1.29, 1.82) is 0 Å². The molecule has 146 valence electrons. The Kier molecular flexibility index (Phi) is 7.55. The summed E-state index contributed by atoms with van der Waals surface area (Å²) in [6.07, 6.45) is 7.74. The van der Waals surface area contributed by atoms with Gasteiger partial charge in [-0.05, 0) is 28.5 Å². The van der Waals surface area contributed by atoms with Crippen LogP contribution >= 0.6 is 11.8 Å². The molecule has 0 atom stereocenters. The molecule has 0 aliphatic carbocycles. The molecule has 0 fully saturated rings. The summed E-state index contributed by atoms with van der Waals surface area (Å²) >= 11 is 1.82. The minimum atomic E-state index is 0.728. The predicted octanol–water partition coefficient (Wildman–Crippen LogP) is 3.63. The van der Waals surface area contributed by atoms with Crippen LogP contribution in [0.3, 0.4) is 0 Å². The molecule has 3 aromatic rings. The highest BCUT2D eigenvalue weighted by Crippen LogP contribution is 2.24. The van der Waals surface area contributed by atoms with Crippen LogP contribution in [0.15, 0.2) is 72.2 Å². The summed E-state index contributed by atoms with van der Waals surface area (Å²) in [6, 6.07) is 17.3. The van der Waals surface area contributed by atoms with Gasteiger partial charge >= 0.3 is 0 Å². The van der Waals surface area contributed by atoms with E-state index in [-0.39, 0.29) is 0 Å². The number of nitrogens with zero attached hydrogens (tertiary/aromatic N) is 3. The standard InChI is InChI=1S/C22H27N5S/c1-23-22(25-12-14-28-2)26-15-20-5-3-4-6-21(20)19-9-7-18(8-10-19)16-27-13-11-24-17-27/h3-11,13,17H,12,14-16H2,1-2H3,(H2,23,25,26). The number of hydrogen-bond acceptors (Lipinski definition) is 3. The van der Waals surface area contributed by atoms with Gasteiger partial charge in [0.05, 0.1) is 6.33 Å². The maximum absolute atomic E-state index is 4.30. The highest BCUT2D eigenvalue weighted by Gasteiger charge is 2.06. The second-order valence-corrected chi connectivity index (χ2v) is 7.42. The van der Waals surface area contributed by atoms with E-state index in [0.717, 1.165) is 31.3 Å². The third-order valence-electron chi connectivity index (χ3n) is 4.48. The summed E-state index contributed by atoms with van der Waals surface area (Å²) in [5.41, 5.74) is 4.97. The molecular formula is C22H27N5S. The van der Waals surface area contributed by atoms with Gasteiger partial charge in [-0.1, -0.05) is 48.5 Å². The summed E-state index contributed by atoms with van der Waals surface area (Å²) in [4.78, 5) is 8.40. The van der Waals surface area contributed by atoms with Crippen LogP contribution in [0.2, 0.25) is 0 Å². The smallest absolute Gasteiger partial charge is 0.191 e. The molecule has 0 saturated heterocycles. The fourth-order valence-electron chi connectivity index (χ4n) is 3.01. The van der Waals surface area contributed by atoms with Crippen LogP contribution in [0, 0.1) is 0 Å². The lowest BCUT2D eigenvalue weighted by Gasteiger charge is -2.14. The zero-order valence-corrected chi connectivity index (χ0v) is 17.2. The van der Waals surface area contributed by atoms with Crippen LogP contribution in [0.25, 0.3) is 11.1 Å². The van der Waals surface area contributed by atoms with Crippen molar-refractivity contribution >= 4 is 17.7 Å². The predicted molar refractivity (Wildman–Crippen MR) is 120 cm³/mol. The van der Waals surface area contributed by atoms with Gasteiger partial charge in [-0.25, -0.2) is 4.98 Å². The van der Waals surface area contributed by atoms with Gasteiger partial charge in [-0.15, -0.1) is 0 Å². The first-order chi connectivity index (χ1) is 13.8.